The maximum Gasteiger partial charge on any atom is 0.310 e. The van der Waals surface area contributed by atoms with Crippen LogP contribution in [0.5, 0.6) is 0 Å². The average Bonchev–Trinajstić information content (AvgIpc) is 2.43. The van der Waals surface area contributed by atoms with Crippen LogP contribution >= 0.6 is 0 Å². The maximum atomic E-state index is 12.4. The highest BCUT2D eigenvalue weighted by atomic mass is 16.4. The van der Waals surface area contributed by atoms with Crippen molar-refractivity contribution in [2.75, 3.05) is 0 Å². The number of carbonyl (C=O) groups is 2. The number of aliphatic carboxylic acids is 1. The Hall–Kier alpha value is -1.38. The van der Waals surface area contributed by atoms with Gasteiger partial charge in [-0.15, -0.1) is 0 Å². The van der Waals surface area contributed by atoms with Crippen LogP contribution in [-0.2, 0) is 9.59 Å². The van der Waals surface area contributed by atoms with Crippen LogP contribution < -0.4 is 0 Å². The van der Waals surface area contributed by atoms with Gasteiger partial charge in [0.25, 0.3) is 0 Å². The number of fused-ring (bicyclic) bond motifs is 1. The second kappa shape index (κ2) is 4.38. The van der Waals surface area contributed by atoms with Crippen molar-refractivity contribution >= 4 is 11.8 Å². The summed E-state index contributed by atoms with van der Waals surface area (Å²) in [6.07, 6.45) is 5.87. The van der Waals surface area contributed by atoms with E-state index in [1.165, 1.54) is 5.57 Å². The Labute approximate surface area is 108 Å². The fraction of sp³-hybridized carbons (Fsp3) is 0.600. The number of rotatable bonds is 1. The van der Waals surface area contributed by atoms with Gasteiger partial charge in [0.15, 0.2) is 5.78 Å². The van der Waals surface area contributed by atoms with Gasteiger partial charge in [-0.3, -0.25) is 9.59 Å². The Morgan fingerprint density at radius 3 is 2.72 bits per heavy atom. The van der Waals surface area contributed by atoms with Gasteiger partial charge < -0.3 is 5.11 Å². The Kier molecular flexibility index (Phi) is 3.18. The van der Waals surface area contributed by atoms with Gasteiger partial charge in [-0.2, -0.15) is 0 Å². The van der Waals surface area contributed by atoms with E-state index in [-0.39, 0.29) is 11.7 Å². The summed E-state index contributed by atoms with van der Waals surface area (Å²) in [6, 6.07) is 0. The molecule has 0 heterocycles. The Balaban J connectivity index is 2.50. The monoisotopic (exact) mass is 248 g/mol. The summed E-state index contributed by atoms with van der Waals surface area (Å²) in [5, 5.41) is 9.50. The molecule has 0 aliphatic heterocycles. The first-order chi connectivity index (χ1) is 8.36. The van der Waals surface area contributed by atoms with Crippen LogP contribution in [0.4, 0.5) is 0 Å². The van der Waals surface area contributed by atoms with Crippen molar-refractivity contribution in [3.05, 3.63) is 23.3 Å². The lowest BCUT2D eigenvalue weighted by Crippen LogP contribution is -2.45. The summed E-state index contributed by atoms with van der Waals surface area (Å²) < 4.78 is 0. The molecule has 3 atom stereocenters. The van der Waals surface area contributed by atoms with Crippen LogP contribution in [0.2, 0.25) is 0 Å². The van der Waals surface area contributed by atoms with Crippen molar-refractivity contribution < 1.29 is 14.7 Å². The molecule has 0 saturated heterocycles. The third kappa shape index (κ3) is 1.92. The van der Waals surface area contributed by atoms with Crippen molar-refractivity contribution in [3.63, 3.8) is 0 Å². The molecule has 2 rings (SSSR count). The summed E-state index contributed by atoms with van der Waals surface area (Å²) in [6.45, 7) is 5.68. The fourth-order valence-electron chi connectivity index (χ4n) is 3.27. The molecule has 0 saturated carbocycles. The molecule has 3 heteroatoms. The van der Waals surface area contributed by atoms with Crippen LogP contribution in [-0.4, -0.2) is 16.9 Å². The number of ketones is 1. The number of carboxylic acid groups (broad SMARTS) is 1. The van der Waals surface area contributed by atoms with Crippen molar-refractivity contribution in [2.45, 2.75) is 40.0 Å². The molecule has 0 fully saturated rings. The van der Waals surface area contributed by atoms with Crippen molar-refractivity contribution in [2.24, 2.45) is 17.3 Å². The van der Waals surface area contributed by atoms with Gasteiger partial charge in [0, 0.05) is 5.92 Å². The number of hydrogen-bond acceptors (Lipinski definition) is 2. The molecule has 0 unspecified atom stereocenters. The molecule has 0 spiro atoms. The van der Waals surface area contributed by atoms with E-state index in [9.17, 15) is 14.7 Å². The minimum atomic E-state index is -0.956. The molecule has 0 aromatic heterocycles. The van der Waals surface area contributed by atoms with Crippen LogP contribution in [0.25, 0.3) is 0 Å². The highest BCUT2D eigenvalue weighted by molar-refractivity contribution is 5.97. The summed E-state index contributed by atoms with van der Waals surface area (Å²) >= 11 is 0. The first-order valence-corrected chi connectivity index (χ1v) is 6.47. The summed E-state index contributed by atoms with van der Waals surface area (Å²) in [7, 11) is 0. The molecule has 3 nitrogen and oxygen atoms in total. The molecule has 18 heavy (non-hydrogen) atoms. The zero-order valence-electron chi connectivity index (χ0n) is 11.2. The predicted octanol–water partition coefficient (Wildman–Crippen LogP) is 2.97. The number of allylic oxidation sites excluding steroid dienone is 4. The second-order valence-electron chi connectivity index (χ2n) is 5.89. The lowest BCUT2D eigenvalue weighted by Gasteiger charge is -2.40. The van der Waals surface area contributed by atoms with Gasteiger partial charge in [-0.05, 0) is 52.0 Å². The van der Waals surface area contributed by atoms with Gasteiger partial charge in [-0.1, -0.05) is 17.2 Å². The number of hydrogen-bond donors (Lipinski definition) is 1. The van der Waals surface area contributed by atoms with Gasteiger partial charge in [0.05, 0.1) is 5.41 Å². The standard InChI is InChI=1S/C15H20O3/c1-9-4-5-11-10(2)6-7-15(3,14(17)18)13(11)12(16)8-9/h6,8,11,13H,4-5,7H2,1-3H3,(H,17,18)/t11-,13+,15+/m1/s1. The Bertz CT molecular complexity index is 458. The minimum absolute atomic E-state index is 0.00708. The summed E-state index contributed by atoms with van der Waals surface area (Å²) in [4.78, 5) is 23.9. The maximum absolute atomic E-state index is 12.4. The molecule has 1 N–H and O–H groups in total. The largest absolute Gasteiger partial charge is 0.481 e. The third-order valence-electron chi connectivity index (χ3n) is 4.56. The number of carboxylic acids is 1. The van der Waals surface area contributed by atoms with Crippen molar-refractivity contribution in [1.82, 2.24) is 0 Å². The summed E-state index contributed by atoms with van der Waals surface area (Å²) in [5.41, 5.74) is 1.28. The SMILES string of the molecule is CC1=CC(=O)[C@@H]2[C@H](CC1)C(C)=CC[C@]2(C)C(=O)O. The Morgan fingerprint density at radius 1 is 1.44 bits per heavy atom. The minimum Gasteiger partial charge on any atom is -0.481 e. The van der Waals surface area contributed by atoms with Crippen molar-refractivity contribution in [1.29, 1.82) is 0 Å². The lowest BCUT2D eigenvalue weighted by molar-refractivity contribution is -0.156. The second-order valence-corrected chi connectivity index (χ2v) is 5.89. The highest BCUT2D eigenvalue weighted by Crippen LogP contribution is 2.48. The molecule has 0 aromatic rings. The molecular formula is C15H20O3. The van der Waals surface area contributed by atoms with Crippen LogP contribution in [0, 0.1) is 17.3 Å². The van der Waals surface area contributed by atoms with Gasteiger partial charge in [-0.25, -0.2) is 0 Å². The summed E-state index contributed by atoms with van der Waals surface area (Å²) in [5.74, 6) is -1.19. The number of carbonyl (C=O) groups excluding carboxylic acids is 1. The average molecular weight is 248 g/mol. The quantitative estimate of drug-likeness (QED) is 0.726. The first-order valence-electron chi connectivity index (χ1n) is 6.47. The third-order valence-corrected chi connectivity index (χ3v) is 4.56. The first kappa shape index (κ1) is 13.1. The zero-order valence-corrected chi connectivity index (χ0v) is 11.2. The molecule has 0 bridgehead atoms. The van der Waals surface area contributed by atoms with Gasteiger partial charge in [0.2, 0.25) is 0 Å². The zero-order chi connectivity index (χ0) is 13.5. The highest BCUT2D eigenvalue weighted by Gasteiger charge is 2.50. The van der Waals surface area contributed by atoms with Crippen molar-refractivity contribution in [3.8, 4) is 0 Å². The fourth-order valence-corrected chi connectivity index (χ4v) is 3.27. The predicted molar refractivity (Wildman–Crippen MR) is 69.1 cm³/mol. The van der Waals surface area contributed by atoms with Crippen LogP contribution in [0.3, 0.4) is 0 Å². The van der Waals surface area contributed by atoms with E-state index < -0.39 is 17.3 Å². The molecule has 0 aromatic carbocycles. The van der Waals surface area contributed by atoms with E-state index >= 15 is 0 Å². The van der Waals surface area contributed by atoms with E-state index in [0.29, 0.717) is 6.42 Å². The van der Waals surface area contributed by atoms with Gasteiger partial charge in [0.1, 0.15) is 0 Å². The smallest absolute Gasteiger partial charge is 0.310 e. The molecule has 0 radical (unpaired) electrons. The lowest BCUT2D eigenvalue weighted by atomic mass is 9.61. The molecule has 2 aliphatic rings. The molecule has 0 amide bonds. The van der Waals surface area contributed by atoms with E-state index in [1.807, 2.05) is 19.9 Å². The van der Waals surface area contributed by atoms with E-state index in [4.69, 9.17) is 0 Å². The Morgan fingerprint density at radius 2 is 2.11 bits per heavy atom. The van der Waals surface area contributed by atoms with E-state index in [0.717, 1.165) is 18.4 Å². The molecular weight excluding hydrogens is 228 g/mol. The van der Waals surface area contributed by atoms with Crippen LogP contribution in [0.1, 0.15) is 40.0 Å². The van der Waals surface area contributed by atoms with Gasteiger partial charge >= 0.3 is 5.97 Å². The normalized spacial score (nSPS) is 36.3. The molecule has 2 aliphatic carbocycles. The van der Waals surface area contributed by atoms with E-state index in [1.54, 1.807) is 13.0 Å². The molecule has 98 valence electrons. The topological polar surface area (TPSA) is 54.4 Å². The van der Waals surface area contributed by atoms with Crippen LogP contribution in [0.15, 0.2) is 23.3 Å². The van der Waals surface area contributed by atoms with E-state index in [2.05, 4.69) is 0 Å².